The zero-order valence-electron chi connectivity index (χ0n) is 14.5. The Morgan fingerprint density at radius 2 is 1.96 bits per heavy atom. The normalized spacial score (nSPS) is 12.9. The lowest BCUT2D eigenvalue weighted by atomic mass is 10.1. The van der Waals surface area contributed by atoms with Crippen LogP contribution in [-0.2, 0) is 6.54 Å². The molecule has 1 unspecified atom stereocenters. The van der Waals surface area contributed by atoms with Gasteiger partial charge in [0.2, 0.25) is 0 Å². The number of hydrogen-bond donors (Lipinski definition) is 2. The number of aryl methyl sites for hydroxylation is 1. The summed E-state index contributed by atoms with van der Waals surface area (Å²) in [7, 11) is 0. The largest absolute Gasteiger partial charge is 0.357 e. The van der Waals surface area contributed by atoms with E-state index in [-0.39, 0.29) is 6.04 Å². The highest BCUT2D eigenvalue weighted by atomic mass is 19.2. The number of benzene rings is 1. The quantitative estimate of drug-likeness (QED) is 0.436. The van der Waals surface area contributed by atoms with Gasteiger partial charge in [-0.05, 0) is 44.4 Å². The first-order valence-corrected chi connectivity index (χ1v) is 8.42. The molecule has 8 heteroatoms. The van der Waals surface area contributed by atoms with Crippen LogP contribution in [0.2, 0.25) is 0 Å². The van der Waals surface area contributed by atoms with Crippen LogP contribution in [0.25, 0.3) is 0 Å². The van der Waals surface area contributed by atoms with Crippen molar-refractivity contribution < 1.29 is 8.78 Å². The molecule has 0 spiro atoms. The summed E-state index contributed by atoms with van der Waals surface area (Å²) in [6, 6.07) is 3.72. The fourth-order valence-corrected chi connectivity index (χ4v) is 2.32. The zero-order chi connectivity index (χ0) is 18.1. The number of halogens is 2. The van der Waals surface area contributed by atoms with Crippen LogP contribution in [0.5, 0.6) is 0 Å². The Hall–Kier alpha value is -2.51. The van der Waals surface area contributed by atoms with Crippen molar-refractivity contribution in [3.8, 4) is 0 Å². The third-order valence-electron chi connectivity index (χ3n) is 3.70. The van der Waals surface area contributed by atoms with Crippen molar-refractivity contribution in [2.75, 3.05) is 13.1 Å². The van der Waals surface area contributed by atoms with Crippen molar-refractivity contribution in [1.29, 1.82) is 0 Å². The molecular formula is C17H24F2N6. The van der Waals surface area contributed by atoms with Gasteiger partial charge >= 0.3 is 0 Å². The average Bonchev–Trinajstić information content (AvgIpc) is 3.10. The van der Waals surface area contributed by atoms with E-state index in [1.165, 1.54) is 6.07 Å². The van der Waals surface area contributed by atoms with Gasteiger partial charge in [0, 0.05) is 19.6 Å². The lowest BCUT2D eigenvalue weighted by Crippen LogP contribution is -2.38. The lowest BCUT2D eigenvalue weighted by molar-refractivity contribution is 0.504. The van der Waals surface area contributed by atoms with Gasteiger partial charge in [-0.25, -0.2) is 8.78 Å². The number of unbranched alkanes of at least 4 members (excludes halogenated alkanes) is 1. The molecule has 0 aliphatic rings. The van der Waals surface area contributed by atoms with Crippen molar-refractivity contribution in [2.24, 2.45) is 4.99 Å². The third-order valence-corrected chi connectivity index (χ3v) is 3.70. The molecule has 0 fully saturated rings. The van der Waals surface area contributed by atoms with E-state index in [1.807, 2.05) is 18.4 Å². The number of guanidine groups is 1. The summed E-state index contributed by atoms with van der Waals surface area (Å²) in [5, 5.41) is 13.9. The molecule has 1 aromatic carbocycles. The highest BCUT2D eigenvalue weighted by Gasteiger charge is 2.10. The Labute approximate surface area is 146 Å². The second kappa shape index (κ2) is 9.71. The van der Waals surface area contributed by atoms with Gasteiger partial charge in [0.05, 0.1) is 6.04 Å². The molecule has 2 rings (SSSR count). The summed E-state index contributed by atoms with van der Waals surface area (Å²) in [5.74, 6) is -1.03. The van der Waals surface area contributed by atoms with E-state index in [0.717, 1.165) is 32.0 Å². The summed E-state index contributed by atoms with van der Waals surface area (Å²) >= 11 is 0. The molecule has 0 saturated heterocycles. The number of hydrogen-bond acceptors (Lipinski definition) is 3. The van der Waals surface area contributed by atoms with Crippen LogP contribution in [0, 0.1) is 11.6 Å². The topological polar surface area (TPSA) is 67.1 Å². The maximum absolute atomic E-state index is 13.4. The van der Waals surface area contributed by atoms with E-state index >= 15 is 0 Å². The molecule has 136 valence electrons. The SMILES string of the molecule is CCNC(=NCCCCn1cnnc1)NC(C)c1ccc(F)c(F)c1. The maximum Gasteiger partial charge on any atom is 0.191 e. The molecular weight excluding hydrogens is 326 g/mol. The molecule has 0 bridgehead atoms. The lowest BCUT2D eigenvalue weighted by Gasteiger charge is -2.18. The molecule has 6 nitrogen and oxygen atoms in total. The van der Waals surface area contributed by atoms with E-state index in [9.17, 15) is 8.78 Å². The number of aliphatic imine (C=N–C) groups is 1. The Bertz CT molecular complexity index is 672. The van der Waals surface area contributed by atoms with Gasteiger partial charge in [-0.15, -0.1) is 10.2 Å². The Kier molecular flexibility index (Phi) is 7.31. The van der Waals surface area contributed by atoms with Crippen LogP contribution in [0.4, 0.5) is 8.78 Å². The van der Waals surface area contributed by atoms with Crippen molar-refractivity contribution in [3.63, 3.8) is 0 Å². The van der Waals surface area contributed by atoms with E-state index in [1.54, 1.807) is 18.7 Å². The van der Waals surface area contributed by atoms with E-state index in [0.29, 0.717) is 18.1 Å². The summed E-state index contributed by atoms with van der Waals surface area (Å²) in [6.45, 7) is 6.10. The summed E-state index contributed by atoms with van der Waals surface area (Å²) in [6.07, 6.45) is 5.28. The second-order valence-corrected chi connectivity index (χ2v) is 5.71. The van der Waals surface area contributed by atoms with Gasteiger partial charge in [-0.2, -0.15) is 0 Å². The van der Waals surface area contributed by atoms with Gasteiger partial charge in [-0.1, -0.05) is 6.07 Å². The van der Waals surface area contributed by atoms with Crippen molar-refractivity contribution in [3.05, 3.63) is 48.1 Å². The van der Waals surface area contributed by atoms with E-state index in [4.69, 9.17) is 0 Å². The molecule has 25 heavy (non-hydrogen) atoms. The standard InChI is InChI=1S/C17H24F2N6/c1-3-20-17(21-8-4-5-9-25-11-22-23-12-25)24-13(2)14-6-7-15(18)16(19)10-14/h6-7,10-13H,3-5,8-9H2,1-2H3,(H2,20,21,24). The Balaban J connectivity index is 1.84. The van der Waals surface area contributed by atoms with E-state index < -0.39 is 11.6 Å². The molecule has 0 saturated carbocycles. The predicted molar refractivity (Wildman–Crippen MR) is 93.1 cm³/mol. The summed E-state index contributed by atoms with van der Waals surface area (Å²) in [4.78, 5) is 4.52. The minimum Gasteiger partial charge on any atom is -0.357 e. The Morgan fingerprint density at radius 1 is 1.20 bits per heavy atom. The number of aromatic nitrogens is 3. The van der Waals surface area contributed by atoms with Crippen LogP contribution >= 0.6 is 0 Å². The minimum absolute atomic E-state index is 0.190. The molecule has 0 radical (unpaired) electrons. The van der Waals surface area contributed by atoms with Gasteiger partial charge in [0.15, 0.2) is 17.6 Å². The number of nitrogens with zero attached hydrogens (tertiary/aromatic N) is 4. The monoisotopic (exact) mass is 350 g/mol. The first-order chi connectivity index (χ1) is 12.1. The number of nitrogens with one attached hydrogen (secondary N) is 2. The molecule has 2 aromatic rings. The third kappa shape index (κ3) is 6.13. The zero-order valence-corrected chi connectivity index (χ0v) is 14.5. The van der Waals surface area contributed by atoms with Crippen molar-refractivity contribution in [1.82, 2.24) is 25.4 Å². The Morgan fingerprint density at radius 3 is 2.64 bits per heavy atom. The molecule has 1 aromatic heterocycles. The molecule has 2 N–H and O–H groups in total. The second-order valence-electron chi connectivity index (χ2n) is 5.71. The molecule has 0 amide bonds. The van der Waals surface area contributed by atoms with Gasteiger partial charge in [-0.3, -0.25) is 4.99 Å². The van der Waals surface area contributed by atoms with Crippen LogP contribution in [0.15, 0.2) is 35.8 Å². The number of rotatable bonds is 8. The average molecular weight is 350 g/mol. The maximum atomic E-state index is 13.4. The summed E-state index contributed by atoms with van der Waals surface area (Å²) < 4.78 is 28.3. The summed E-state index contributed by atoms with van der Waals surface area (Å²) in [5.41, 5.74) is 0.664. The highest BCUT2D eigenvalue weighted by Crippen LogP contribution is 2.15. The molecule has 1 atom stereocenters. The predicted octanol–water partition coefficient (Wildman–Crippen LogP) is 2.65. The first-order valence-electron chi connectivity index (χ1n) is 8.42. The minimum atomic E-state index is -0.845. The smallest absolute Gasteiger partial charge is 0.191 e. The van der Waals surface area contributed by atoms with Crippen LogP contribution in [0.3, 0.4) is 0 Å². The van der Waals surface area contributed by atoms with Gasteiger partial charge in [0.25, 0.3) is 0 Å². The van der Waals surface area contributed by atoms with Crippen LogP contribution in [0.1, 0.15) is 38.3 Å². The molecule has 0 aliphatic heterocycles. The van der Waals surface area contributed by atoms with Crippen molar-refractivity contribution >= 4 is 5.96 Å². The highest BCUT2D eigenvalue weighted by molar-refractivity contribution is 5.80. The molecule has 1 heterocycles. The first kappa shape index (κ1) is 18.8. The van der Waals surface area contributed by atoms with Crippen LogP contribution in [-0.4, -0.2) is 33.8 Å². The molecule has 0 aliphatic carbocycles. The fraction of sp³-hybridized carbons (Fsp3) is 0.471. The van der Waals surface area contributed by atoms with Gasteiger partial charge in [0.1, 0.15) is 12.7 Å². The fourth-order valence-electron chi connectivity index (χ4n) is 2.32. The van der Waals surface area contributed by atoms with Crippen LogP contribution < -0.4 is 10.6 Å². The van der Waals surface area contributed by atoms with E-state index in [2.05, 4.69) is 25.8 Å². The van der Waals surface area contributed by atoms with Crippen molar-refractivity contribution in [2.45, 2.75) is 39.3 Å². The van der Waals surface area contributed by atoms with Gasteiger partial charge < -0.3 is 15.2 Å².